The first kappa shape index (κ1) is 17.8. The monoisotopic (exact) mass is 415 g/mol. The fourth-order valence-corrected chi connectivity index (χ4v) is 4.78. The third-order valence-electron chi connectivity index (χ3n) is 5.73. The fraction of sp³-hybridized carbons (Fsp3) is 0.217. The Labute approximate surface area is 177 Å². The Morgan fingerprint density at radius 2 is 1.97 bits per heavy atom. The number of thiazole rings is 1. The van der Waals surface area contributed by atoms with E-state index in [0.29, 0.717) is 0 Å². The number of nitrogens with one attached hydrogen (secondary N) is 2. The van der Waals surface area contributed by atoms with Crippen molar-refractivity contribution in [3.8, 4) is 21.8 Å². The minimum Gasteiger partial charge on any atom is -0.379 e. The van der Waals surface area contributed by atoms with Gasteiger partial charge in [-0.1, -0.05) is 12.1 Å². The molecular weight excluding hydrogens is 394 g/mol. The van der Waals surface area contributed by atoms with E-state index in [1.165, 1.54) is 10.9 Å². The molecule has 0 bridgehead atoms. The topological polar surface area (TPSA) is 69.8 Å². The van der Waals surface area contributed by atoms with Crippen molar-refractivity contribution in [3.63, 3.8) is 0 Å². The Kier molecular flexibility index (Phi) is 4.37. The number of aromatic amines is 2. The summed E-state index contributed by atoms with van der Waals surface area (Å²) in [5.41, 5.74) is 8.49. The molecule has 150 valence electrons. The first-order valence-electron chi connectivity index (χ1n) is 10.1. The van der Waals surface area contributed by atoms with Crippen molar-refractivity contribution >= 4 is 33.1 Å². The minimum absolute atomic E-state index is 0.827. The molecule has 0 radical (unpaired) electrons. The van der Waals surface area contributed by atoms with Crippen LogP contribution in [0, 0.1) is 0 Å². The fourth-order valence-electron chi connectivity index (χ4n) is 4.16. The van der Waals surface area contributed by atoms with Gasteiger partial charge >= 0.3 is 0 Å². The summed E-state index contributed by atoms with van der Waals surface area (Å²) in [6, 6.07) is 15.3. The number of H-pyrrole nitrogens is 2. The number of rotatable bonds is 4. The predicted molar refractivity (Wildman–Crippen MR) is 121 cm³/mol. The molecule has 0 amide bonds. The summed E-state index contributed by atoms with van der Waals surface area (Å²) >= 11 is 1.64. The standard InChI is InChI=1S/C23H21N5OS/c1-4-19-17(9-15(1)13-28-5-7-29-8-6-28)11-21(25-19)23-18-3-2-16(10-20(18)26-27-23)22-12-24-14-30-22/h1-4,9-12,14,25H,5-8,13H2,(H,26,27). The Morgan fingerprint density at radius 3 is 2.83 bits per heavy atom. The van der Waals surface area contributed by atoms with E-state index in [1.807, 2.05) is 11.7 Å². The van der Waals surface area contributed by atoms with Crippen molar-refractivity contribution in [2.45, 2.75) is 6.54 Å². The van der Waals surface area contributed by atoms with Crippen LogP contribution >= 0.6 is 11.3 Å². The maximum Gasteiger partial charge on any atom is 0.116 e. The lowest BCUT2D eigenvalue weighted by Gasteiger charge is -2.26. The van der Waals surface area contributed by atoms with E-state index in [9.17, 15) is 0 Å². The molecule has 2 aromatic carbocycles. The number of hydrogen-bond acceptors (Lipinski definition) is 5. The second-order valence-electron chi connectivity index (χ2n) is 7.69. The van der Waals surface area contributed by atoms with Crippen LogP contribution in [0.5, 0.6) is 0 Å². The Balaban J connectivity index is 1.33. The minimum atomic E-state index is 0.827. The Morgan fingerprint density at radius 1 is 1.03 bits per heavy atom. The van der Waals surface area contributed by atoms with Crippen LogP contribution in [0.4, 0.5) is 0 Å². The van der Waals surface area contributed by atoms with Crippen LogP contribution in [0.25, 0.3) is 43.6 Å². The average molecular weight is 416 g/mol. The van der Waals surface area contributed by atoms with Crippen LogP contribution in [0.3, 0.4) is 0 Å². The first-order chi connectivity index (χ1) is 14.8. The number of aromatic nitrogens is 4. The smallest absolute Gasteiger partial charge is 0.116 e. The van der Waals surface area contributed by atoms with Crippen LogP contribution in [0.1, 0.15) is 5.56 Å². The van der Waals surface area contributed by atoms with Crippen LogP contribution in [0.15, 0.2) is 54.2 Å². The third-order valence-corrected chi connectivity index (χ3v) is 6.55. The van der Waals surface area contributed by atoms with Gasteiger partial charge in [0.2, 0.25) is 0 Å². The number of nitrogens with zero attached hydrogens (tertiary/aromatic N) is 3. The van der Waals surface area contributed by atoms with Crippen LogP contribution < -0.4 is 0 Å². The summed E-state index contributed by atoms with van der Waals surface area (Å²) in [6.07, 6.45) is 1.90. The van der Waals surface area contributed by atoms with Crippen molar-refractivity contribution in [1.82, 2.24) is 25.1 Å². The van der Waals surface area contributed by atoms with Gasteiger partial charge in [0, 0.05) is 42.1 Å². The van der Waals surface area contributed by atoms with E-state index >= 15 is 0 Å². The van der Waals surface area contributed by atoms with Crippen molar-refractivity contribution in [2.75, 3.05) is 26.3 Å². The van der Waals surface area contributed by atoms with Gasteiger partial charge < -0.3 is 9.72 Å². The molecule has 1 aliphatic heterocycles. The molecule has 1 fully saturated rings. The summed E-state index contributed by atoms with van der Waals surface area (Å²) in [7, 11) is 0. The van der Waals surface area contributed by atoms with Crippen molar-refractivity contribution in [2.24, 2.45) is 0 Å². The van der Waals surface area contributed by atoms with Gasteiger partial charge in [0.1, 0.15) is 5.69 Å². The Hall–Kier alpha value is -3.00. The zero-order valence-corrected chi connectivity index (χ0v) is 17.2. The van der Waals surface area contributed by atoms with E-state index in [1.54, 1.807) is 11.3 Å². The maximum atomic E-state index is 5.46. The van der Waals surface area contributed by atoms with E-state index in [-0.39, 0.29) is 0 Å². The largest absolute Gasteiger partial charge is 0.379 e. The number of benzene rings is 2. The molecule has 2 N–H and O–H groups in total. The van der Waals surface area contributed by atoms with E-state index in [0.717, 1.165) is 71.1 Å². The first-order valence-corrected chi connectivity index (χ1v) is 11.0. The average Bonchev–Trinajstić information content (AvgIpc) is 3.52. The van der Waals surface area contributed by atoms with Gasteiger partial charge in [-0.25, -0.2) is 0 Å². The summed E-state index contributed by atoms with van der Waals surface area (Å²) in [4.78, 5) is 11.3. The zero-order valence-electron chi connectivity index (χ0n) is 16.4. The Bertz CT molecular complexity index is 1310. The van der Waals surface area contributed by atoms with Crippen molar-refractivity contribution in [1.29, 1.82) is 0 Å². The second-order valence-corrected chi connectivity index (χ2v) is 8.58. The maximum absolute atomic E-state index is 5.46. The summed E-state index contributed by atoms with van der Waals surface area (Å²) in [5, 5.41) is 10.1. The molecule has 6 rings (SSSR count). The number of fused-ring (bicyclic) bond motifs is 2. The third kappa shape index (κ3) is 3.21. The summed E-state index contributed by atoms with van der Waals surface area (Å²) in [6.45, 7) is 4.62. The normalized spacial score (nSPS) is 15.3. The molecule has 1 saturated heterocycles. The molecule has 0 atom stereocenters. The highest BCUT2D eigenvalue weighted by Crippen LogP contribution is 2.32. The zero-order chi connectivity index (χ0) is 19.9. The van der Waals surface area contributed by atoms with Gasteiger partial charge in [0.15, 0.2) is 0 Å². The molecule has 30 heavy (non-hydrogen) atoms. The van der Waals surface area contributed by atoms with Gasteiger partial charge in [-0.15, -0.1) is 11.3 Å². The highest BCUT2D eigenvalue weighted by atomic mass is 32.1. The van der Waals surface area contributed by atoms with Crippen molar-refractivity contribution < 1.29 is 4.74 Å². The molecule has 0 unspecified atom stereocenters. The van der Waals surface area contributed by atoms with Gasteiger partial charge in [-0.05, 0) is 41.5 Å². The molecule has 3 aromatic heterocycles. The van der Waals surface area contributed by atoms with Crippen LogP contribution in [0.2, 0.25) is 0 Å². The quantitative estimate of drug-likeness (QED) is 0.448. The van der Waals surface area contributed by atoms with Crippen molar-refractivity contribution in [3.05, 3.63) is 59.7 Å². The number of morpholine rings is 1. The van der Waals surface area contributed by atoms with Gasteiger partial charge in [0.05, 0.1) is 34.8 Å². The molecule has 0 saturated carbocycles. The second kappa shape index (κ2) is 7.36. The molecule has 0 aliphatic carbocycles. The molecule has 5 aromatic rings. The number of hydrogen-bond donors (Lipinski definition) is 2. The van der Waals surface area contributed by atoms with Gasteiger partial charge in [0.25, 0.3) is 0 Å². The highest BCUT2D eigenvalue weighted by Gasteiger charge is 2.14. The molecule has 7 heteroatoms. The summed E-state index contributed by atoms with van der Waals surface area (Å²) < 4.78 is 5.46. The van der Waals surface area contributed by atoms with Crippen LogP contribution in [-0.4, -0.2) is 51.4 Å². The molecular formula is C23H21N5OS. The molecule has 1 aliphatic rings. The van der Waals surface area contributed by atoms with E-state index in [4.69, 9.17) is 4.74 Å². The predicted octanol–water partition coefficient (Wildman–Crippen LogP) is 4.67. The van der Waals surface area contributed by atoms with E-state index in [2.05, 4.69) is 67.5 Å². The van der Waals surface area contributed by atoms with Crippen LogP contribution in [-0.2, 0) is 11.3 Å². The lowest BCUT2D eigenvalue weighted by molar-refractivity contribution is 0.0342. The molecule has 6 nitrogen and oxygen atoms in total. The SMILES string of the molecule is c1ncc(-c2ccc3c(-c4cc5cc(CN6CCOCC6)ccc5[nH]4)n[nH]c3c2)s1. The lowest BCUT2D eigenvalue weighted by atomic mass is 10.1. The van der Waals surface area contributed by atoms with Gasteiger partial charge in [-0.2, -0.15) is 5.10 Å². The number of ether oxygens (including phenoxy) is 1. The molecule has 0 spiro atoms. The summed E-state index contributed by atoms with van der Waals surface area (Å²) in [5.74, 6) is 0. The van der Waals surface area contributed by atoms with E-state index < -0.39 is 0 Å². The lowest BCUT2D eigenvalue weighted by Crippen LogP contribution is -2.35. The van der Waals surface area contributed by atoms with Gasteiger partial charge in [-0.3, -0.25) is 15.0 Å². The highest BCUT2D eigenvalue weighted by molar-refractivity contribution is 7.13. The molecule has 4 heterocycles.